The van der Waals surface area contributed by atoms with Crippen LogP contribution in [0.1, 0.15) is 33.1 Å². The summed E-state index contributed by atoms with van der Waals surface area (Å²) in [6.45, 7) is 4.90. The summed E-state index contributed by atoms with van der Waals surface area (Å²) in [7, 11) is -0.626. The maximum Gasteiger partial charge on any atom is 0.345 e. The summed E-state index contributed by atoms with van der Waals surface area (Å²) >= 11 is 0. The normalized spacial score (nSPS) is 11.9. The number of amides is 1. The Balaban J connectivity index is 2.89. The quantitative estimate of drug-likeness (QED) is 0.749. The van der Waals surface area contributed by atoms with Crippen LogP contribution < -0.4 is 0 Å². The number of hydrogen-bond acceptors (Lipinski definition) is 5. The van der Waals surface area contributed by atoms with E-state index in [1.165, 1.54) is 16.3 Å². The van der Waals surface area contributed by atoms with Crippen molar-refractivity contribution in [3.63, 3.8) is 0 Å². The number of carbonyl (C=O) groups is 1. The second-order valence-corrected chi connectivity index (χ2v) is 6.79. The Kier molecular flexibility index (Phi) is 6.28. The van der Waals surface area contributed by atoms with Gasteiger partial charge in [-0.1, -0.05) is 20.3 Å². The molecule has 0 aromatic carbocycles. The van der Waals surface area contributed by atoms with Crippen molar-refractivity contribution < 1.29 is 13.2 Å². The number of hydrogen-bond donors (Lipinski definition) is 0. The SMILES string of the molecule is CCCCN(C)S(=O)(=O)c1ncn(C(=O)N(C)CCC)n1. The average molecular weight is 317 g/mol. The number of carbonyl (C=O) groups excluding carboxylic acids is 1. The molecule has 120 valence electrons. The summed E-state index contributed by atoms with van der Waals surface area (Å²) in [6.07, 6.45) is 3.59. The first kappa shape index (κ1) is 17.6. The fraction of sp³-hybridized carbons (Fsp3) is 0.750. The van der Waals surface area contributed by atoms with Gasteiger partial charge < -0.3 is 4.90 Å². The van der Waals surface area contributed by atoms with Crippen molar-refractivity contribution in [2.75, 3.05) is 27.2 Å². The summed E-state index contributed by atoms with van der Waals surface area (Å²) in [6, 6.07) is -0.401. The van der Waals surface area contributed by atoms with Gasteiger partial charge in [0.25, 0.3) is 15.2 Å². The van der Waals surface area contributed by atoms with E-state index in [0.29, 0.717) is 13.1 Å². The van der Waals surface area contributed by atoms with Crippen LogP contribution in [-0.2, 0) is 10.0 Å². The minimum atomic E-state index is -3.74. The van der Waals surface area contributed by atoms with Gasteiger partial charge in [-0.05, 0) is 12.8 Å². The number of unbranched alkanes of at least 4 members (excludes halogenated alkanes) is 1. The molecule has 1 aromatic rings. The van der Waals surface area contributed by atoms with Crippen molar-refractivity contribution in [2.45, 2.75) is 38.3 Å². The molecule has 0 spiro atoms. The molecule has 0 N–H and O–H groups in total. The third-order valence-electron chi connectivity index (χ3n) is 3.02. The largest absolute Gasteiger partial charge is 0.345 e. The van der Waals surface area contributed by atoms with Gasteiger partial charge in [0.05, 0.1) is 0 Å². The lowest BCUT2D eigenvalue weighted by atomic mass is 10.3. The van der Waals surface area contributed by atoms with Gasteiger partial charge in [-0.25, -0.2) is 18.2 Å². The summed E-state index contributed by atoms with van der Waals surface area (Å²) in [4.78, 5) is 17.2. The van der Waals surface area contributed by atoms with Crippen LogP contribution in [0.25, 0.3) is 0 Å². The van der Waals surface area contributed by atoms with Crippen LogP contribution in [0.2, 0.25) is 0 Å². The zero-order chi connectivity index (χ0) is 16.0. The molecule has 21 heavy (non-hydrogen) atoms. The molecule has 1 heterocycles. The molecular formula is C12H23N5O3S. The standard InChI is InChI=1S/C12H23N5O3S/c1-5-7-9-16(4)21(19,20)11-13-10-17(14-11)12(18)15(3)8-6-2/h10H,5-9H2,1-4H3. The van der Waals surface area contributed by atoms with Crippen LogP contribution in [0.15, 0.2) is 11.5 Å². The lowest BCUT2D eigenvalue weighted by Gasteiger charge is -2.15. The number of rotatable bonds is 7. The van der Waals surface area contributed by atoms with Gasteiger partial charge in [-0.3, -0.25) is 0 Å². The zero-order valence-electron chi connectivity index (χ0n) is 13.0. The third kappa shape index (κ3) is 4.24. The van der Waals surface area contributed by atoms with Crippen molar-refractivity contribution in [1.82, 2.24) is 24.0 Å². The van der Waals surface area contributed by atoms with E-state index in [4.69, 9.17) is 0 Å². The Hall–Kier alpha value is -1.48. The predicted octanol–water partition coefficient (Wildman–Crippen LogP) is 1.01. The molecule has 0 fully saturated rings. The average Bonchev–Trinajstić information content (AvgIpc) is 2.94. The summed E-state index contributed by atoms with van der Waals surface area (Å²) in [5.74, 6) is 0. The maximum atomic E-state index is 12.2. The van der Waals surface area contributed by atoms with Crippen molar-refractivity contribution in [3.05, 3.63) is 6.33 Å². The molecule has 0 radical (unpaired) electrons. The van der Waals surface area contributed by atoms with E-state index < -0.39 is 16.1 Å². The van der Waals surface area contributed by atoms with E-state index in [2.05, 4.69) is 10.1 Å². The van der Waals surface area contributed by atoms with Crippen LogP contribution in [-0.4, -0.2) is 65.6 Å². The van der Waals surface area contributed by atoms with Gasteiger partial charge in [0.15, 0.2) is 0 Å². The highest BCUT2D eigenvalue weighted by atomic mass is 32.2. The summed E-state index contributed by atoms with van der Waals surface area (Å²) in [5.41, 5.74) is 0. The van der Waals surface area contributed by atoms with E-state index in [0.717, 1.165) is 30.3 Å². The third-order valence-corrected chi connectivity index (χ3v) is 4.67. The molecule has 0 unspecified atom stereocenters. The van der Waals surface area contributed by atoms with Crippen molar-refractivity contribution in [1.29, 1.82) is 0 Å². The maximum absolute atomic E-state index is 12.2. The molecule has 0 aliphatic carbocycles. The molecule has 0 bridgehead atoms. The monoisotopic (exact) mass is 317 g/mol. The van der Waals surface area contributed by atoms with Crippen LogP contribution >= 0.6 is 0 Å². The molecule has 1 aromatic heterocycles. The molecule has 9 heteroatoms. The Morgan fingerprint density at radius 2 is 1.90 bits per heavy atom. The van der Waals surface area contributed by atoms with E-state index in [1.807, 2.05) is 13.8 Å². The Morgan fingerprint density at radius 1 is 1.24 bits per heavy atom. The van der Waals surface area contributed by atoms with Crippen LogP contribution in [0.5, 0.6) is 0 Å². The van der Waals surface area contributed by atoms with Gasteiger partial charge in [-0.2, -0.15) is 8.99 Å². The van der Waals surface area contributed by atoms with Crippen molar-refractivity contribution >= 4 is 16.1 Å². The van der Waals surface area contributed by atoms with Crippen LogP contribution in [0.3, 0.4) is 0 Å². The zero-order valence-corrected chi connectivity index (χ0v) is 13.8. The van der Waals surface area contributed by atoms with Gasteiger partial charge in [0.1, 0.15) is 6.33 Å². The van der Waals surface area contributed by atoms with E-state index in [-0.39, 0.29) is 5.16 Å². The molecule has 0 aliphatic heterocycles. The van der Waals surface area contributed by atoms with Gasteiger partial charge in [0.2, 0.25) is 0 Å². The molecule has 0 saturated carbocycles. The molecule has 0 aliphatic rings. The minimum absolute atomic E-state index is 0.348. The second kappa shape index (κ2) is 7.51. The van der Waals surface area contributed by atoms with Gasteiger partial charge in [-0.15, -0.1) is 5.10 Å². The highest BCUT2D eigenvalue weighted by Crippen LogP contribution is 2.09. The molecule has 8 nitrogen and oxygen atoms in total. The van der Waals surface area contributed by atoms with Crippen molar-refractivity contribution in [3.8, 4) is 0 Å². The fourth-order valence-corrected chi connectivity index (χ4v) is 2.72. The Morgan fingerprint density at radius 3 is 2.48 bits per heavy atom. The molecular weight excluding hydrogens is 294 g/mol. The highest BCUT2D eigenvalue weighted by molar-refractivity contribution is 7.88. The topological polar surface area (TPSA) is 88.4 Å². The molecule has 0 atom stereocenters. The Bertz CT molecular complexity index is 569. The van der Waals surface area contributed by atoms with Crippen molar-refractivity contribution in [2.24, 2.45) is 0 Å². The molecule has 0 saturated heterocycles. The number of sulfonamides is 1. The minimum Gasteiger partial charge on any atom is -0.326 e. The lowest BCUT2D eigenvalue weighted by Crippen LogP contribution is -2.33. The van der Waals surface area contributed by atoms with E-state index in [9.17, 15) is 13.2 Å². The summed E-state index contributed by atoms with van der Waals surface area (Å²) in [5, 5.41) is 3.45. The van der Waals surface area contributed by atoms with Gasteiger partial charge in [0, 0.05) is 27.2 Å². The Labute approximate surface area is 125 Å². The van der Waals surface area contributed by atoms with E-state index in [1.54, 1.807) is 7.05 Å². The summed E-state index contributed by atoms with van der Waals surface area (Å²) < 4.78 is 26.6. The first-order chi connectivity index (χ1) is 9.84. The second-order valence-electron chi connectivity index (χ2n) is 4.86. The first-order valence-corrected chi connectivity index (χ1v) is 8.42. The predicted molar refractivity (Wildman–Crippen MR) is 78.5 cm³/mol. The fourth-order valence-electron chi connectivity index (χ4n) is 1.70. The lowest BCUT2D eigenvalue weighted by molar-refractivity contribution is 0.207. The first-order valence-electron chi connectivity index (χ1n) is 6.98. The molecule has 1 rings (SSSR count). The highest BCUT2D eigenvalue weighted by Gasteiger charge is 2.26. The van der Waals surface area contributed by atoms with Gasteiger partial charge >= 0.3 is 6.03 Å². The molecule has 1 amide bonds. The van der Waals surface area contributed by atoms with E-state index >= 15 is 0 Å². The van der Waals surface area contributed by atoms with Crippen LogP contribution in [0, 0.1) is 0 Å². The smallest absolute Gasteiger partial charge is 0.326 e. The van der Waals surface area contributed by atoms with Crippen LogP contribution in [0.4, 0.5) is 4.79 Å². The number of nitrogens with zero attached hydrogens (tertiary/aromatic N) is 5. The number of aromatic nitrogens is 3.